The van der Waals surface area contributed by atoms with E-state index in [1.807, 2.05) is 13.8 Å². The summed E-state index contributed by atoms with van der Waals surface area (Å²) in [6.07, 6.45) is 2.96. The van der Waals surface area contributed by atoms with Gasteiger partial charge in [-0.15, -0.1) is 0 Å². The number of aryl methyl sites for hydroxylation is 1. The molecule has 2 aromatic rings. The lowest BCUT2D eigenvalue weighted by atomic mass is 10.2. The van der Waals surface area contributed by atoms with Crippen molar-refractivity contribution in [1.82, 2.24) is 10.4 Å². The maximum atomic E-state index is 11.9. The fraction of sp³-hybridized carbons (Fsp3) is 0.188. The third-order valence-corrected chi connectivity index (χ3v) is 3.51. The van der Waals surface area contributed by atoms with Crippen molar-refractivity contribution in [2.45, 2.75) is 13.8 Å². The Morgan fingerprint density at radius 1 is 1.48 bits per heavy atom. The molecule has 0 bridgehead atoms. The number of halogens is 1. The molecule has 0 saturated carbocycles. The van der Waals surface area contributed by atoms with Gasteiger partial charge in [-0.05, 0) is 59.6 Å². The van der Waals surface area contributed by atoms with E-state index < -0.39 is 0 Å². The van der Waals surface area contributed by atoms with Crippen LogP contribution in [0.3, 0.4) is 0 Å². The standard InChI is InChI=1S/C16H16BrN3O3/c1-3-23-14-7-11(6-13(17)15(14)21)8-19-20-16(22)12-5-4-10(2)18-9-12/h4-9,21H,3H2,1-2H3,(H,20,22). The van der Waals surface area contributed by atoms with Crippen LogP contribution < -0.4 is 10.2 Å². The molecular formula is C16H16BrN3O3. The molecule has 7 heteroatoms. The van der Waals surface area contributed by atoms with Crippen LogP contribution in [0.15, 0.2) is 40.0 Å². The third kappa shape index (κ3) is 4.53. The van der Waals surface area contributed by atoms with Crippen LogP contribution in [-0.2, 0) is 0 Å². The average Bonchev–Trinajstić information content (AvgIpc) is 2.53. The molecule has 1 amide bonds. The Morgan fingerprint density at radius 2 is 2.26 bits per heavy atom. The van der Waals surface area contributed by atoms with Gasteiger partial charge in [-0.2, -0.15) is 5.10 Å². The molecule has 2 rings (SSSR count). The van der Waals surface area contributed by atoms with Crippen LogP contribution in [0.1, 0.15) is 28.5 Å². The first kappa shape index (κ1) is 17.0. The zero-order valence-corrected chi connectivity index (χ0v) is 14.3. The smallest absolute Gasteiger partial charge is 0.272 e. The maximum Gasteiger partial charge on any atom is 0.272 e. The molecule has 0 atom stereocenters. The summed E-state index contributed by atoms with van der Waals surface area (Å²) in [6.45, 7) is 4.10. The Morgan fingerprint density at radius 3 is 2.91 bits per heavy atom. The molecule has 0 aliphatic carbocycles. The predicted molar refractivity (Wildman–Crippen MR) is 91.0 cm³/mol. The average molecular weight is 378 g/mol. The number of hydrogen-bond acceptors (Lipinski definition) is 5. The molecule has 2 N–H and O–H groups in total. The molecule has 1 heterocycles. The zero-order valence-electron chi connectivity index (χ0n) is 12.7. The number of benzene rings is 1. The van der Waals surface area contributed by atoms with Gasteiger partial charge in [0.05, 0.1) is 22.9 Å². The molecule has 0 unspecified atom stereocenters. The van der Waals surface area contributed by atoms with Gasteiger partial charge in [0, 0.05) is 11.9 Å². The van der Waals surface area contributed by atoms with E-state index in [1.54, 1.807) is 24.3 Å². The number of hydrogen-bond donors (Lipinski definition) is 2. The van der Waals surface area contributed by atoms with Gasteiger partial charge in [0.1, 0.15) is 0 Å². The predicted octanol–water partition coefficient (Wildman–Crippen LogP) is 3.02. The summed E-state index contributed by atoms with van der Waals surface area (Å²) in [5.74, 6) is 0.0211. The SMILES string of the molecule is CCOc1cc(C=NNC(=O)c2ccc(C)nc2)cc(Br)c1O. The number of phenols is 1. The number of carbonyl (C=O) groups excluding carboxylic acids is 1. The summed E-state index contributed by atoms with van der Waals surface area (Å²) in [5.41, 5.74) is 4.35. The van der Waals surface area contributed by atoms with Crippen molar-refractivity contribution < 1.29 is 14.6 Å². The van der Waals surface area contributed by atoms with E-state index in [0.29, 0.717) is 28.0 Å². The highest BCUT2D eigenvalue weighted by Crippen LogP contribution is 2.34. The van der Waals surface area contributed by atoms with Gasteiger partial charge in [0.15, 0.2) is 11.5 Å². The minimum absolute atomic E-state index is 0.0266. The summed E-state index contributed by atoms with van der Waals surface area (Å²) in [5, 5.41) is 13.7. The minimum atomic E-state index is -0.350. The molecule has 1 aromatic heterocycles. The Hall–Kier alpha value is -2.41. The lowest BCUT2D eigenvalue weighted by molar-refractivity contribution is 0.0955. The number of phenolic OH excluding ortho intramolecular Hbond substituents is 1. The minimum Gasteiger partial charge on any atom is -0.503 e. The van der Waals surface area contributed by atoms with E-state index in [0.717, 1.165) is 5.69 Å². The van der Waals surface area contributed by atoms with Gasteiger partial charge in [0.25, 0.3) is 5.91 Å². The third-order valence-electron chi connectivity index (χ3n) is 2.90. The first-order valence-electron chi connectivity index (χ1n) is 6.92. The zero-order chi connectivity index (χ0) is 16.8. The molecular weight excluding hydrogens is 362 g/mol. The molecule has 0 spiro atoms. The topological polar surface area (TPSA) is 83.8 Å². The van der Waals surface area contributed by atoms with E-state index >= 15 is 0 Å². The molecule has 0 fully saturated rings. The fourth-order valence-corrected chi connectivity index (χ4v) is 2.23. The van der Waals surface area contributed by atoms with Crippen LogP contribution in [0.5, 0.6) is 11.5 Å². The van der Waals surface area contributed by atoms with Crippen LogP contribution in [0.25, 0.3) is 0 Å². The number of hydrazone groups is 1. The summed E-state index contributed by atoms with van der Waals surface area (Å²) in [4.78, 5) is 16.0. The van der Waals surface area contributed by atoms with Crippen LogP contribution >= 0.6 is 15.9 Å². The molecule has 120 valence electrons. The molecule has 0 aliphatic heterocycles. The molecule has 6 nitrogen and oxygen atoms in total. The van der Waals surface area contributed by atoms with Crippen molar-refractivity contribution >= 4 is 28.1 Å². The number of carbonyl (C=O) groups is 1. The van der Waals surface area contributed by atoms with E-state index in [-0.39, 0.29) is 11.7 Å². The summed E-state index contributed by atoms with van der Waals surface area (Å²) < 4.78 is 5.81. The monoisotopic (exact) mass is 377 g/mol. The van der Waals surface area contributed by atoms with Crippen molar-refractivity contribution in [3.63, 3.8) is 0 Å². The van der Waals surface area contributed by atoms with Crippen molar-refractivity contribution in [1.29, 1.82) is 0 Å². The van der Waals surface area contributed by atoms with Gasteiger partial charge in [-0.3, -0.25) is 9.78 Å². The number of pyridine rings is 1. The highest BCUT2D eigenvalue weighted by atomic mass is 79.9. The number of aromatic hydroxyl groups is 1. The second-order valence-corrected chi connectivity index (χ2v) is 5.52. The number of amides is 1. The Balaban J connectivity index is 2.08. The molecule has 0 aliphatic rings. The van der Waals surface area contributed by atoms with Gasteiger partial charge < -0.3 is 9.84 Å². The van der Waals surface area contributed by atoms with Crippen LogP contribution in [0, 0.1) is 6.92 Å². The van der Waals surface area contributed by atoms with E-state index in [4.69, 9.17) is 4.74 Å². The Bertz CT molecular complexity index is 730. The number of ether oxygens (including phenoxy) is 1. The Labute approximate surface area is 142 Å². The molecule has 0 saturated heterocycles. The lowest BCUT2D eigenvalue weighted by Crippen LogP contribution is -2.17. The van der Waals surface area contributed by atoms with Crippen LogP contribution in [0.2, 0.25) is 0 Å². The van der Waals surface area contributed by atoms with Gasteiger partial charge in [-0.25, -0.2) is 5.43 Å². The number of aromatic nitrogens is 1. The highest BCUT2D eigenvalue weighted by Gasteiger charge is 2.08. The molecule has 0 radical (unpaired) electrons. The van der Waals surface area contributed by atoms with E-state index in [2.05, 4.69) is 31.4 Å². The maximum absolute atomic E-state index is 11.9. The Kier molecular flexibility index (Phi) is 5.70. The first-order chi connectivity index (χ1) is 11.0. The molecule has 23 heavy (non-hydrogen) atoms. The van der Waals surface area contributed by atoms with Crippen molar-refractivity contribution in [2.75, 3.05) is 6.61 Å². The van der Waals surface area contributed by atoms with Crippen molar-refractivity contribution in [3.8, 4) is 11.5 Å². The second kappa shape index (κ2) is 7.73. The second-order valence-electron chi connectivity index (χ2n) is 4.67. The summed E-state index contributed by atoms with van der Waals surface area (Å²) >= 11 is 3.24. The lowest BCUT2D eigenvalue weighted by Gasteiger charge is -2.08. The molecule has 1 aromatic carbocycles. The van der Waals surface area contributed by atoms with E-state index in [1.165, 1.54) is 12.4 Å². The number of nitrogens with one attached hydrogen (secondary N) is 1. The van der Waals surface area contributed by atoms with Crippen molar-refractivity contribution in [3.05, 3.63) is 51.8 Å². The van der Waals surface area contributed by atoms with Gasteiger partial charge >= 0.3 is 0 Å². The van der Waals surface area contributed by atoms with Gasteiger partial charge in [0.2, 0.25) is 0 Å². The highest BCUT2D eigenvalue weighted by molar-refractivity contribution is 9.10. The normalized spacial score (nSPS) is 10.7. The summed E-state index contributed by atoms with van der Waals surface area (Å²) in [6, 6.07) is 6.73. The van der Waals surface area contributed by atoms with Crippen LogP contribution in [0.4, 0.5) is 0 Å². The quantitative estimate of drug-likeness (QED) is 0.619. The largest absolute Gasteiger partial charge is 0.503 e. The van der Waals surface area contributed by atoms with Gasteiger partial charge in [-0.1, -0.05) is 0 Å². The van der Waals surface area contributed by atoms with Crippen molar-refractivity contribution in [2.24, 2.45) is 5.10 Å². The number of nitrogens with zero attached hydrogens (tertiary/aromatic N) is 2. The first-order valence-corrected chi connectivity index (χ1v) is 7.72. The number of rotatable bonds is 5. The summed E-state index contributed by atoms with van der Waals surface area (Å²) in [7, 11) is 0. The fourth-order valence-electron chi connectivity index (χ4n) is 1.77. The van der Waals surface area contributed by atoms with E-state index in [9.17, 15) is 9.90 Å². The van der Waals surface area contributed by atoms with Crippen LogP contribution in [-0.4, -0.2) is 28.8 Å².